The zero-order chi connectivity index (χ0) is 13.5. The van der Waals surface area contributed by atoms with Crippen molar-refractivity contribution in [2.24, 2.45) is 0 Å². The summed E-state index contributed by atoms with van der Waals surface area (Å²) in [4.78, 5) is 11.5. The van der Waals surface area contributed by atoms with Crippen molar-refractivity contribution < 1.29 is 0 Å². The average molecular weight is 280 g/mol. The molecule has 0 saturated heterocycles. The molecular weight excluding hydrogens is 270 g/mol. The second-order valence-electron chi connectivity index (χ2n) is 4.64. The minimum atomic E-state index is 0.470. The number of rotatable bonds is 1. The van der Waals surface area contributed by atoms with Crippen LogP contribution < -0.4 is 0 Å². The Morgan fingerprint density at radius 2 is 1.75 bits per heavy atom. The van der Waals surface area contributed by atoms with Crippen molar-refractivity contribution in [3.8, 4) is 11.3 Å². The van der Waals surface area contributed by atoms with Crippen LogP contribution in [0.2, 0.25) is 5.15 Å². The van der Waals surface area contributed by atoms with E-state index in [9.17, 15) is 0 Å². The standard InChI is InChI=1S/C16H10ClN3/c17-15-13-8-14(20-16(13)19-9-18-15)12-7-3-5-10-4-1-2-6-11(10)12/h1-9H,(H,18,19,20). The van der Waals surface area contributed by atoms with Gasteiger partial charge >= 0.3 is 0 Å². The molecule has 4 rings (SSSR count). The highest BCUT2D eigenvalue weighted by Gasteiger charge is 2.09. The molecule has 0 fully saturated rings. The van der Waals surface area contributed by atoms with E-state index >= 15 is 0 Å². The molecule has 4 aromatic rings. The molecule has 2 aromatic carbocycles. The van der Waals surface area contributed by atoms with Crippen LogP contribution in [0.3, 0.4) is 0 Å². The lowest BCUT2D eigenvalue weighted by atomic mass is 10.0. The van der Waals surface area contributed by atoms with Crippen molar-refractivity contribution in [2.45, 2.75) is 0 Å². The van der Waals surface area contributed by atoms with Gasteiger partial charge in [0.1, 0.15) is 17.1 Å². The third-order valence-corrected chi connectivity index (χ3v) is 3.76. The Bertz CT molecular complexity index is 922. The van der Waals surface area contributed by atoms with Gasteiger partial charge in [0, 0.05) is 11.3 Å². The van der Waals surface area contributed by atoms with Crippen molar-refractivity contribution in [1.82, 2.24) is 15.0 Å². The van der Waals surface area contributed by atoms with E-state index in [-0.39, 0.29) is 0 Å². The lowest BCUT2D eigenvalue weighted by Gasteiger charge is -2.04. The number of hydrogen-bond donors (Lipinski definition) is 1. The lowest BCUT2D eigenvalue weighted by molar-refractivity contribution is 1.20. The fraction of sp³-hybridized carbons (Fsp3) is 0. The molecule has 2 aromatic heterocycles. The van der Waals surface area contributed by atoms with Gasteiger partial charge in [-0.1, -0.05) is 54.1 Å². The van der Waals surface area contributed by atoms with Crippen LogP contribution in [-0.2, 0) is 0 Å². The number of hydrogen-bond acceptors (Lipinski definition) is 2. The molecule has 2 heterocycles. The Labute approximate surface area is 120 Å². The van der Waals surface area contributed by atoms with Gasteiger partial charge in [-0.3, -0.25) is 0 Å². The Kier molecular flexibility index (Phi) is 2.47. The summed E-state index contributed by atoms with van der Waals surface area (Å²) in [5.74, 6) is 0. The van der Waals surface area contributed by atoms with Gasteiger partial charge in [-0.25, -0.2) is 9.97 Å². The molecule has 0 atom stereocenters. The van der Waals surface area contributed by atoms with Gasteiger partial charge in [0.15, 0.2) is 0 Å². The van der Waals surface area contributed by atoms with E-state index in [0.717, 1.165) is 22.3 Å². The van der Waals surface area contributed by atoms with E-state index < -0.39 is 0 Å². The Balaban J connectivity index is 2.04. The summed E-state index contributed by atoms with van der Waals surface area (Å²) in [5, 5.41) is 3.72. The predicted octanol–water partition coefficient (Wildman–Crippen LogP) is 4.43. The molecule has 4 heteroatoms. The highest BCUT2D eigenvalue weighted by atomic mass is 35.5. The zero-order valence-electron chi connectivity index (χ0n) is 10.5. The van der Waals surface area contributed by atoms with Crippen LogP contribution in [0.1, 0.15) is 0 Å². The maximum atomic E-state index is 6.10. The van der Waals surface area contributed by atoms with Gasteiger partial charge in [-0.15, -0.1) is 0 Å². The van der Waals surface area contributed by atoms with Gasteiger partial charge in [-0.2, -0.15) is 0 Å². The van der Waals surface area contributed by atoms with Crippen molar-refractivity contribution in [1.29, 1.82) is 0 Å². The third kappa shape index (κ3) is 1.67. The number of aromatic amines is 1. The van der Waals surface area contributed by atoms with Crippen LogP contribution in [0, 0.1) is 0 Å². The van der Waals surface area contributed by atoms with Crippen LogP contribution >= 0.6 is 11.6 Å². The number of nitrogens with one attached hydrogen (secondary N) is 1. The van der Waals surface area contributed by atoms with E-state index in [0.29, 0.717) is 5.15 Å². The van der Waals surface area contributed by atoms with Gasteiger partial charge in [0.2, 0.25) is 0 Å². The number of aromatic nitrogens is 3. The van der Waals surface area contributed by atoms with Crippen LogP contribution in [0.5, 0.6) is 0 Å². The van der Waals surface area contributed by atoms with Crippen molar-refractivity contribution in [2.75, 3.05) is 0 Å². The zero-order valence-corrected chi connectivity index (χ0v) is 11.2. The molecule has 0 amide bonds. The summed E-state index contributed by atoms with van der Waals surface area (Å²) in [6, 6.07) is 16.6. The van der Waals surface area contributed by atoms with Crippen LogP contribution in [0.4, 0.5) is 0 Å². The largest absolute Gasteiger partial charge is 0.339 e. The normalized spacial score (nSPS) is 11.2. The first kappa shape index (κ1) is 11.4. The quantitative estimate of drug-likeness (QED) is 0.524. The highest BCUT2D eigenvalue weighted by molar-refractivity contribution is 6.34. The average Bonchev–Trinajstić information content (AvgIpc) is 2.92. The summed E-state index contributed by atoms with van der Waals surface area (Å²) in [6.45, 7) is 0. The number of nitrogens with zero attached hydrogens (tertiary/aromatic N) is 2. The third-order valence-electron chi connectivity index (χ3n) is 3.46. The molecule has 0 radical (unpaired) electrons. The van der Waals surface area contributed by atoms with E-state index in [1.807, 2.05) is 18.2 Å². The van der Waals surface area contributed by atoms with Gasteiger partial charge in [0.25, 0.3) is 0 Å². The van der Waals surface area contributed by atoms with E-state index in [1.165, 1.54) is 17.1 Å². The molecule has 0 saturated carbocycles. The maximum absolute atomic E-state index is 6.10. The second kappa shape index (κ2) is 4.32. The van der Waals surface area contributed by atoms with Crippen LogP contribution in [0.15, 0.2) is 54.9 Å². The number of fused-ring (bicyclic) bond motifs is 2. The Morgan fingerprint density at radius 1 is 0.900 bits per heavy atom. The first-order chi connectivity index (χ1) is 9.83. The molecule has 96 valence electrons. The molecule has 20 heavy (non-hydrogen) atoms. The smallest absolute Gasteiger partial charge is 0.142 e. The minimum Gasteiger partial charge on any atom is -0.339 e. The van der Waals surface area contributed by atoms with Crippen molar-refractivity contribution in [3.05, 3.63) is 60.0 Å². The first-order valence-corrected chi connectivity index (χ1v) is 6.68. The summed E-state index contributed by atoms with van der Waals surface area (Å²) >= 11 is 6.10. The molecule has 0 unspecified atom stereocenters. The second-order valence-corrected chi connectivity index (χ2v) is 4.99. The van der Waals surface area contributed by atoms with E-state index in [2.05, 4.69) is 45.3 Å². The summed E-state index contributed by atoms with van der Waals surface area (Å²) in [6.07, 6.45) is 1.47. The number of halogens is 1. The fourth-order valence-corrected chi connectivity index (χ4v) is 2.70. The van der Waals surface area contributed by atoms with Gasteiger partial charge in [0.05, 0.1) is 5.39 Å². The van der Waals surface area contributed by atoms with E-state index in [4.69, 9.17) is 11.6 Å². The Hall–Kier alpha value is -2.39. The molecular formula is C16H10ClN3. The lowest BCUT2D eigenvalue weighted by Crippen LogP contribution is -1.81. The monoisotopic (exact) mass is 279 g/mol. The highest BCUT2D eigenvalue weighted by Crippen LogP contribution is 2.31. The first-order valence-electron chi connectivity index (χ1n) is 6.30. The van der Waals surface area contributed by atoms with Gasteiger partial charge < -0.3 is 4.98 Å². The summed E-state index contributed by atoms with van der Waals surface area (Å²) in [7, 11) is 0. The number of H-pyrrole nitrogens is 1. The fourth-order valence-electron chi connectivity index (χ4n) is 2.51. The molecule has 0 bridgehead atoms. The molecule has 0 aliphatic heterocycles. The summed E-state index contributed by atoms with van der Waals surface area (Å²) < 4.78 is 0. The van der Waals surface area contributed by atoms with Crippen molar-refractivity contribution >= 4 is 33.4 Å². The van der Waals surface area contributed by atoms with E-state index in [1.54, 1.807) is 0 Å². The summed E-state index contributed by atoms with van der Waals surface area (Å²) in [5.41, 5.74) is 2.89. The minimum absolute atomic E-state index is 0.470. The molecule has 0 spiro atoms. The molecule has 0 aliphatic carbocycles. The maximum Gasteiger partial charge on any atom is 0.142 e. The topological polar surface area (TPSA) is 41.6 Å². The molecule has 1 N–H and O–H groups in total. The Morgan fingerprint density at radius 3 is 2.65 bits per heavy atom. The molecule has 3 nitrogen and oxygen atoms in total. The number of benzene rings is 2. The van der Waals surface area contributed by atoms with Crippen LogP contribution in [0.25, 0.3) is 33.1 Å². The predicted molar refractivity (Wildman–Crippen MR) is 81.8 cm³/mol. The molecule has 0 aliphatic rings. The van der Waals surface area contributed by atoms with Gasteiger partial charge in [-0.05, 0) is 16.8 Å². The van der Waals surface area contributed by atoms with Crippen LogP contribution in [-0.4, -0.2) is 15.0 Å². The van der Waals surface area contributed by atoms with Crippen molar-refractivity contribution in [3.63, 3.8) is 0 Å². The SMILES string of the molecule is Clc1ncnc2[nH]c(-c3cccc4ccccc34)cc12.